The molecular formula is C27H57NO11. The lowest BCUT2D eigenvalue weighted by atomic mass is 10.0. The summed E-state index contributed by atoms with van der Waals surface area (Å²) in [5, 5.41) is 20.8. The zero-order valence-corrected chi connectivity index (χ0v) is 19.0. The van der Waals surface area contributed by atoms with Gasteiger partial charge in [0.15, 0.2) is 0 Å². The number of benzene rings is 1. The number of methoxy groups -OCH3 is 2. The molecule has 1 aromatic carbocycles. The van der Waals surface area contributed by atoms with Crippen molar-refractivity contribution >= 4 is 11.8 Å². The van der Waals surface area contributed by atoms with Gasteiger partial charge in [-0.2, -0.15) is 0 Å². The van der Waals surface area contributed by atoms with E-state index in [0.29, 0.717) is 46.1 Å². The molecule has 0 radical (unpaired) electrons. The summed E-state index contributed by atoms with van der Waals surface area (Å²) in [6.07, 6.45) is -1.31. The van der Waals surface area contributed by atoms with Crippen molar-refractivity contribution in [1.29, 1.82) is 0 Å². The van der Waals surface area contributed by atoms with Crippen LogP contribution >= 0.6 is 0 Å². The first-order valence-electron chi connectivity index (χ1n) is 10.4. The highest BCUT2D eigenvalue weighted by atomic mass is 16.7. The number of nitrogens with zero attached hydrogens (tertiary/aromatic N) is 1. The lowest BCUT2D eigenvalue weighted by Crippen LogP contribution is -2.27. The number of aliphatic hydroxyl groups excluding tert-OH is 1. The van der Waals surface area contributed by atoms with Crippen molar-refractivity contribution in [3.05, 3.63) is 34.4 Å². The summed E-state index contributed by atoms with van der Waals surface area (Å²) in [4.78, 5) is 21.7. The monoisotopic (exact) mass is 571 g/mol. The van der Waals surface area contributed by atoms with E-state index in [4.69, 9.17) is 33.2 Å². The van der Waals surface area contributed by atoms with Gasteiger partial charge in [-0.25, -0.2) is 4.79 Å². The van der Waals surface area contributed by atoms with Crippen molar-refractivity contribution < 1.29 is 48.0 Å². The van der Waals surface area contributed by atoms with E-state index in [9.17, 15) is 20.0 Å². The Morgan fingerprint density at radius 3 is 1.72 bits per heavy atom. The van der Waals surface area contributed by atoms with Gasteiger partial charge in [-0.1, -0.05) is 44.6 Å². The highest BCUT2D eigenvalue weighted by Crippen LogP contribution is 2.17. The molecule has 0 saturated heterocycles. The average Bonchev–Trinajstić information content (AvgIpc) is 2.79. The van der Waals surface area contributed by atoms with Crippen LogP contribution in [0.4, 0.5) is 10.5 Å². The van der Waals surface area contributed by atoms with Gasteiger partial charge in [0, 0.05) is 32.3 Å². The first kappa shape index (κ1) is 49.6. The molecule has 0 aliphatic heterocycles. The molecule has 1 unspecified atom stereocenters. The number of non-ortho nitro benzene ring substituents is 1. The van der Waals surface area contributed by atoms with Gasteiger partial charge in [0.2, 0.25) is 0 Å². The third-order valence-corrected chi connectivity index (χ3v) is 4.18. The van der Waals surface area contributed by atoms with E-state index in [-0.39, 0.29) is 81.7 Å². The van der Waals surface area contributed by atoms with Crippen molar-refractivity contribution in [1.82, 2.24) is 0 Å². The van der Waals surface area contributed by atoms with Gasteiger partial charge in [-0.3, -0.25) is 10.1 Å². The molecule has 0 aromatic heterocycles. The Kier molecular flexibility index (Phi) is 40.5. The molecule has 0 heterocycles. The molecule has 1 aromatic rings. The van der Waals surface area contributed by atoms with Crippen LogP contribution in [-0.2, 0) is 28.4 Å². The molecule has 0 aliphatic carbocycles. The van der Waals surface area contributed by atoms with E-state index in [1.165, 1.54) is 24.3 Å². The summed E-state index contributed by atoms with van der Waals surface area (Å²) in [7, 11) is 3.18. The van der Waals surface area contributed by atoms with E-state index < -0.39 is 17.2 Å². The SMILES string of the molecule is C.C.C.C.C.C.COCCOCC(COCCOC)CC(O)COCCOC(=O)Oc1ccc([N+](=O)[O-])cc1. The molecule has 39 heavy (non-hydrogen) atoms. The minimum absolute atomic E-state index is 0. The number of carbonyl (C=O) groups excluding carboxylic acids is 1. The van der Waals surface area contributed by atoms with Crippen molar-refractivity contribution in [2.45, 2.75) is 57.1 Å². The second kappa shape index (κ2) is 31.9. The van der Waals surface area contributed by atoms with Crippen LogP contribution in [-0.4, -0.2) is 96.0 Å². The normalized spacial score (nSPS) is 10.2. The minimum atomic E-state index is -0.963. The van der Waals surface area contributed by atoms with Crippen LogP contribution in [0.25, 0.3) is 0 Å². The van der Waals surface area contributed by atoms with E-state index in [1.54, 1.807) is 14.2 Å². The van der Waals surface area contributed by atoms with Gasteiger partial charge in [0.25, 0.3) is 5.69 Å². The Labute approximate surface area is 237 Å². The van der Waals surface area contributed by atoms with Gasteiger partial charge in [-0.05, 0) is 18.6 Å². The molecule has 0 bridgehead atoms. The van der Waals surface area contributed by atoms with Crippen molar-refractivity contribution in [2.24, 2.45) is 5.92 Å². The summed E-state index contributed by atoms with van der Waals surface area (Å²) in [6, 6.07) is 5.01. The molecule has 0 spiro atoms. The molecule has 0 amide bonds. The number of aliphatic hydroxyl groups is 1. The number of carbonyl (C=O) groups is 1. The highest BCUT2D eigenvalue weighted by Gasteiger charge is 2.16. The molecule has 1 atom stereocenters. The van der Waals surface area contributed by atoms with Crippen LogP contribution in [0.1, 0.15) is 51.0 Å². The standard InChI is InChI=1S/C21H33NO11.6CH4/c1-27-7-9-29-14-17(15-30-10-8-28-2)13-19(23)16-31-11-12-32-21(24)33-20-5-3-18(4-6-20)22(25)26;;;;;;/h3-6,17,19,23H,7-16H2,1-2H3;6*1H4. The van der Waals surface area contributed by atoms with E-state index in [1.807, 2.05) is 0 Å². The number of hydrogen-bond donors (Lipinski definition) is 1. The Morgan fingerprint density at radius 1 is 0.795 bits per heavy atom. The largest absolute Gasteiger partial charge is 0.513 e. The smallest absolute Gasteiger partial charge is 0.432 e. The minimum Gasteiger partial charge on any atom is -0.432 e. The highest BCUT2D eigenvalue weighted by molar-refractivity contribution is 5.63. The molecule has 12 nitrogen and oxygen atoms in total. The molecule has 12 heteroatoms. The quantitative estimate of drug-likeness (QED) is 0.0724. The maximum absolute atomic E-state index is 11.6. The average molecular weight is 572 g/mol. The van der Waals surface area contributed by atoms with Gasteiger partial charge < -0.3 is 38.3 Å². The lowest BCUT2D eigenvalue weighted by molar-refractivity contribution is -0.384. The van der Waals surface area contributed by atoms with Gasteiger partial charge in [0.05, 0.1) is 63.9 Å². The van der Waals surface area contributed by atoms with Gasteiger partial charge >= 0.3 is 6.16 Å². The fourth-order valence-electron chi connectivity index (χ4n) is 2.59. The third-order valence-electron chi connectivity index (χ3n) is 4.18. The van der Waals surface area contributed by atoms with Crippen molar-refractivity contribution in [3.63, 3.8) is 0 Å². The Bertz CT molecular complexity index is 648. The first-order chi connectivity index (χ1) is 16.0. The van der Waals surface area contributed by atoms with Crippen LogP contribution in [0.2, 0.25) is 0 Å². The zero-order valence-electron chi connectivity index (χ0n) is 19.0. The van der Waals surface area contributed by atoms with Crippen LogP contribution in [0.15, 0.2) is 24.3 Å². The van der Waals surface area contributed by atoms with Gasteiger partial charge in [0.1, 0.15) is 12.4 Å². The van der Waals surface area contributed by atoms with E-state index in [2.05, 4.69) is 0 Å². The third kappa shape index (κ3) is 25.7. The second-order valence-electron chi connectivity index (χ2n) is 6.92. The summed E-state index contributed by atoms with van der Waals surface area (Å²) in [6.45, 7) is 2.71. The van der Waals surface area contributed by atoms with Crippen LogP contribution in [0, 0.1) is 16.0 Å². The first-order valence-corrected chi connectivity index (χ1v) is 10.4. The zero-order chi connectivity index (χ0) is 24.3. The van der Waals surface area contributed by atoms with Gasteiger partial charge in [-0.15, -0.1) is 0 Å². The Morgan fingerprint density at radius 2 is 1.26 bits per heavy atom. The predicted molar refractivity (Wildman–Crippen MR) is 156 cm³/mol. The number of ether oxygens (including phenoxy) is 7. The Balaban J connectivity index is -0.000000454. The molecule has 0 saturated carbocycles. The number of hydrogen-bond acceptors (Lipinski definition) is 11. The molecule has 1 rings (SSSR count). The summed E-state index contributed by atoms with van der Waals surface area (Å²) in [5.41, 5.74) is -0.118. The van der Waals surface area contributed by atoms with E-state index in [0.717, 1.165) is 0 Å². The van der Waals surface area contributed by atoms with Crippen molar-refractivity contribution in [2.75, 3.05) is 73.7 Å². The van der Waals surface area contributed by atoms with E-state index >= 15 is 0 Å². The summed E-state index contributed by atoms with van der Waals surface area (Å²) < 4.78 is 36.1. The molecular weight excluding hydrogens is 514 g/mol. The topological polar surface area (TPSA) is 145 Å². The fraction of sp³-hybridized carbons (Fsp3) is 0.741. The van der Waals surface area contributed by atoms with Crippen molar-refractivity contribution in [3.8, 4) is 5.75 Å². The maximum atomic E-state index is 11.6. The lowest BCUT2D eigenvalue weighted by Gasteiger charge is -2.20. The fourth-order valence-corrected chi connectivity index (χ4v) is 2.59. The van der Waals surface area contributed by atoms with Crippen LogP contribution < -0.4 is 4.74 Å². The predicted octanol–water partition coefficient (Wildman–Crippen LogP) is 5.64. The molecule has 1 N–H and O–H groups in total. The van der Waals surface area contributed by atoms with Crippen LogP contribution in [0.5, 0.6) is 5.75 Å². The number of nitro groups is 1. The molecule has 236 valence electrons. The number of nitro benzene ring substituents is 1. The van der Waals surface area contributed by atoms with Crippen LogP contribution in [0.3, 0.4) is 0 Å². The summed E-state index contributed by atoms with van der Waals surface area (Å²) >= 11 is 0. The second-order valence-corrected chi connectivity index (χ2v) is 6.92. The molecule has 0 aliphatic rings. The number of rotatable bonds is 19. The maximum Gasteiger partial charge on any atom is 0.513 e. The summed E-state index contributed by atoms with van der Waals surface area (Å²) in [5.74, 6) is 0.0821. The Hall–Kier alpha value is -2.35. The molecule has 0 fully saturated rings.